The third-order valence-corrected chi connectivity index (χ3v) is 7.21. The van der Waals surface area contributed by atoms with Crippen LogP contribution < -0.4 is 5.32 Å². The lowest BCUT2D eigenvalue weighted by molar-refractivity contribution is -0.121. The molecule has 1 aromatic heterocycles. The van der Waals surface area contributed by atoms with Crippen LogP contribution in [0, 0.1) is 0 Å². The summed E-state index contributed by atoms with van der Waals surface area (Å²) in [6.45, 7) is 1.85. The molecule has 1 saturated carbocycles. The number of hydrogen-bond donors (Lipinski definition) is 1. The molecule has 0 aliphatic heterocycles. The summed E-state index contributed by atoms with van der Waals surface area (Å²) in [5, 5.41) is 3.51. The molecule has 1 atom stereocenters. The monoisotopic (exact) mass is 385 g/mol. The number of hydrogen-bond acceptors (Lipinski definition) is 5. The first kappa shape index (κ1) is 20.2. The van der Waals surface area contributed by atoms with Crippen molar-refractivity contribution in [1.29, 1.82) is 0 Å². The Balaban J connectivity index is 1.93. The van der Waals surface area contributed by atoms with Crippen molar-refractivity contribution in [2.24, 2.45) is 0 Å². The van der Waals surface area contributed by atoms with E-state index in [1.807, 2.05) is 6.92 Å². The molecule has 1 aromatic rings. The zero-order valence-corrected chi connectivity index (χ0v) is 16.7. The van der Waals surface area contributed by atoms with Crippen LogP contribution in [0.25, 0.3) is 0 Å². The summed E-state index contributed by atoms with van der Waals surface area (Å²) < 4.78 is 25.2. The highest BCUT2D eigenvalue weighted by Crippen LogP contribution is 2.24. The van der Waals surface area contributed by atoms with Crippen molar-refractivity contribution in [3.8, 4) is 0 Å². The molecule has 1 amide bonds. The Morgan fingerprint density at radius 2 is 1.88 bits per heavy atom. The highest BCUT2D eigenvalue weighted by Gasteiger charge is 2.21. The molecule has 0 radical (unpaired) electrons. The molecular formula is C17H27N3O3S2. The molecule has 1 aliphatic carbocycles. The molecule has 1 aliphatic rings. The van der Waals surface area contributed by atoms with Crippen molar-refractivity contribution in [3.63, 3.8) is 0 Å². The van der Waals surface area contributed by atoms with Crippen LogP contribution in [0.15, 0.2) is 28.3 Å². The summed E-state index contributed by atoms with van der Waals surface area (Å²) in [6, 6.07) is 3.45. The average molecular weight is 386 g/mol. The van der Waals surface area contributed by atoms with Crippen molar-refractivity contribution >= 4 is 27.7 Å². The van der Waals surface area contributed by atoms with E-state index in [1.54, 1.807) is 6.07 Å². The van der Waals surface area contributed by atoms with Crippen LogP contribution >= 0.6 is 11.8 Å². The van der Waals surface area contributed by atoms with Crippen molar-refractivity contribution in [3.05, 3.63) is 18.3 Å². The fourth-order valence-electron chi connectivity index (χ4n) is 2.78. The van der Waals surface area contributed by atoms with Crippen molar-refractivity contribution < 1.29 is 13.2 Å². The molecule has 2 rings (SSSR count). The molecule has 6 nitrogen and oxygen atoms in total. The molecule has 140 valence electrons. The Labute approximate surface area is 154 Å². The van der Waals surface area contributed by atoms with Gasteiger partial charge in [-0.25, -0.2) is 17.7 Å². The topological polar surface area (TPSA) is 79.4 Å². The maximum absolute atomic E-state index is 12.4. The molecule has 25 heavy (non-hydrogen) atoms. The van der Waals surface area contributed by atoms with E-state index >= 15 is 0 Å². The standard InChI is InChI=1S/C17H27N3O3S2/c1-13(17(21)19-14-8-6-4-5-7-9-14)24-16-11-10-15(12-18-16)25(22,23)20(2)3/h10-14H,4-9H2,1-3H3,(H,19,21). The molecule has 1 fully saturated rings. The number of sulfonamides is 1. The van der Waals surface area contributed by atoms with Gasteiger partial charge >= 0.3 is 0 Å². The highest BCUT2D eigenvalue weighted by atomic mass is 32.2. The van der Waals surface area contributed by atoms with E-state index in [9.17, 15) is 13.2 Å². The molecule has 8 heteroatoms. The summed E-state index contributed by atoms with van der Waals surface area (Å²) in [7, 11) is -0.511. The van der Waals surface area contributed by atoms with Crippen LogP contribution in [0.2, 0.25) is 0 Å². The Hall–Kier alpha value is -1.12. The van der Waals surface area contributed by atoms with Gasteiger partial charge in [-0.15, -0.1) is 0 Å². The number of thioether (sulfide) groups is 1. The first-order valence-corrected chi connectivity index (χ1v) is 11.0. The van der Waals surface area contributed by atoms with Gasteiger partial charge in [-0.05, 0) is 31.9 Å². The van der Waals surface area contributed by atoms with Gasteiger partial charge in [0.2, 0.25) is 15.9 Å². The van der Waals surface area contributed by atoms with Gasteiger partial charge in [0, 0.05) is 26.3 Å². The minimum atomic E-state index is -3.48. The van der Waals surface area contributed by atoms with Gasteiger partial charge < -0.3 is 5.32 Å². The van der Waals surface area contributed by atoms with Gasteiger partial charge in [0.1, 0.15) is 4.90 Å². The van der Waals surface area contributed by atoms with Crippen LogP contribution in [0.3, 0.4) is 0 Å². The number of pyridine rings is 1. The van der Waals surface area contributed by atoms with E-state index in [-0.39, 0.29) is 22.1 Å². The van der Waals surface area contributed by atoms with Gasteiger partial charge in [-0.2, -0.15) is 0 Å². The Morgan fingerprint density at radius 1 is 1.24 bits per heavy atom. The van der Waals surface area contributed by atoms with E-state index in [0.717, 1.165) is 17.1 Å². The number of amides is 1. The van der Waals surface area contributed by atoms with Gasteiger partial charge in [-0.3, -0.25) is 4.79 Å². The number of carbonyl (C=O) groups is 1. The molecule has 1 unspecified atom stereocenters. The van der Waals surface area contributed by atoms with E-state index in [4.69, 9.17) is 0 Å². The molecule has 0 spiro atoms. The summed E-state index contributed by atoms with van der Waals surface area (Å²) in [6.07, 6.45) is 8.31. The lowest BCUT2D eigenvalue weighted by Crippen LogP contribution is -2.39. The fraction of sp³-hybridized carbons (Fsp3) is 0.647. The second-order valence-corrected chi connectivity index (χ2v) is 10.1. The SMILES string of the molecule is CC(Sc1ccc(S(=O)(=O)N(C)C)cn1)C(=O)NC1CCCCCC1. The summed E-state index contributed by atoms with van der Waals surface area (Å²) in [4.78, 5) is 16.7. The second kappa shape index (κ2) is 9.00. The van der Waals surface area contributed by atoms with Gasteiger partial charge in [0.25, 0.3) is 0 Å². The number of carbonyl (C=O) groups excluding carboxylic acids is 1. The molecular weight excluding hydrogens is 358 g/mol. The third-order valence-electron chi connectivity index (χ3n) is 4.36. The van der Waals surface area contributed by atoms with Crippen LogP contribution in [0.5, 0.6) is 0 Å². The number of aromatic nitrogens is 1. The maximum Gasteiger partial charge on any atom is 0.244 e. The molecule has 0 saturated heterocycles. The quantitative estimate of drug-likeness (QED) is 0.601. The van der Waals surface area contributed by atoms with Crippen LogP contribution in [0.4, 0.5) is 0 Å². The molecule has 0 bridgehead atoms. The summed E-state index contributed by atoms with van der Waals surface area (Å²) >= 11 is 1.34. The predicted molar refractivity (Wildman–Crippen MR) is 100 cm³/mol. The van der Waals surface area contributed by atoms with Crippen LogP contribution in [-0.2, 0) is 14.8 Å². The first-order chi connectivity index (χ1) is 11.8. The second-order valence-electron chi connectivity index (χ2n) is 6.58. The number of rotatable bonds is 6. The third kappa shape index (κ3) is 5.69. The van der Waals surface area contributed by atoms with E-state index in [1.165, 1.54) is 63.8 Å². The predicted octanol–water partition coefficient (Wildman–Crippen LogP) is 2.65. The van der Waals surface area contributed by atoms with E-state index < -0.39 is 10.0 Å². The smallest absolute Gasteiger partial charge is 0.244 e. The molecule has 1 N–H and O–H groups in total. The van der Waals surface area contributed by atoms with Crippen molar-refractivity contribution in [1.82, 2.24) is 14.6 Å². The van der Waals surface area contributed by atoms with Gasteiger partial charge in [0.15, 0.2) is 0 Å². The van der Waals surface area contributed by atoms with Gasteiger partial charge in [0.05, 0.1) is 10.3 Å². The Morgan fingerprint density at radius 3 is 2.40 bits per heavy atom. The van der Waals surface area contributed by atoms with E-state index in [2.05, 4.69) is 10.3 Å². The van der Waals surface area contributed by atoms with Crippen molar-refractivity contribution in [2.75, 3.05) is 14.1 Å². The van der Waals surface area contributed by atoms with Crippen molar-refractivity contribution in [2.45, 2.75) is 66.7 Å². The first-order valence-electron chi connectivity index (χ1n) is 8.66. The number of nitrogens with zero attached hydrogens (tertiary/aromatic N) is 2. The normalized spacial score (nSPS) is 17.9. The minimum absolute atomic E-state index is 0.0173. The zero-order chi connectivity index (χ0) is 18.4. The largest absolute Gasteiger partial charge is 0.352 e. The van der Waals surface area contributed by atoms with E-state index in [0.29, 0.717) is 5.03 Å². The average Bonchev–Trinajstić information content (AvgIpc) is 2.83. The highest BCUT2D eigenvalue weighted by molar-refractivity contribution is 8.00. The molecule has 1 heterocycles. The van der Waals surface area contributed by atoms with Crippen LogP contribution in [-0.4, -0.2) is 49.0 Å². The summed E-state index contributed by atoms with van der Waals surface area (Å²) in [5.41, 5.74) is 0. The Kier molecular flexibility index (Phi) is 7.27. The fourth-order valence-corrected chi connectivity index (χ4v) is 4.42. The van der Waals surface area contributed by atoms with Crippen LogP contribution in [0.1, 0.15) is 45.4 Å². The number of nitrogens with one attached hydrogen (secondary N) is 1. The zero-order valence-electron chi connectivity index (χ0n) is 15.1. The molecule has 0 aromatic carbocycles. The Bertz CT molecular complexity index is 667. The minimum Gasteiger partial charge on any atom is -0.352 e. The lowest BCUT2D eigenvalue weighted by atomic mass is 10.1. The maximum atomic E-state index is 12.4. The van der Waals surface area contributed by atoms with Gasteiger partial charge in [-0.1, -0.05) is 37.4 Å². The lowest BCUT2D eigenvalue weighted by Gasteiger charge is -2.19. The summed E-state index contributed by atoms with van der Waals surface area (Å²) in [5.74, 6) is 0.0173.